The molecule has 0 amide bonds. The molecule has 6 rings (SSSR count). The first-order valence-corrected chi connectivity index (χ1v) is 11.4. The summed E-state index contributed by atoms with van der Waals surface area (Å²) in [6, 6.07) is 4.85. The first-order valence-electron chi connectivity index (χ1n) is 10.6. The van der Waals surface area contributed by atoms with Gasteiger partial charge in [0.25, 0.3) is 5.56 Å². The van der Waals surface area contributed by atoms with Crippen LogP contribution in [0.2, 0.25) is 0 Å². The van der Waals surface area contributed by atoms with Crippen molar-refractivity contribution in [3.05, 3.63) is 57.4 Å². The number of anilines is 1. The van der Waals surface area contributed by atoms with Crippen LogP contribution in [0.25, 0.3) is 44.0 Å². The molecule has 3 N–H and O–H groups in total. The number of H-pyrrole nitrogens is 1. The van der Waals surface area contributed by atoms with Gasteiger partial charge < -0.3 is 15.5 Å². The molecule has 0 radical (unpaired) electrons. The van der Waals surface area contributed by atoms with Gasteiger partial charge in [-0.2, -0.15) is 5.10 Å². The smallest absolute Gasteiger partial charge is 0.272 e. The molecule has 0 bridgehead atoms. The Kier molecular flexibility index (Phi) is 4.66. The van der Waals surface area contributed by atoms with Gasteiger partial charge in [0, 0.05) is 39.8 Å². The van der Waals surface area contributed by atoms with Crippen molar-refractivity contribution in [3.8, 4) is 11.1 Å². The maximum Gasteiger partial charge on any atom is 0.272 e. The molecule has 0 spiro atoms. The Hall–Kier alpha value is -3.37. The molecule has 1 aliphatic heterocycles. The van der Waals surface area contributed by atoms with Gasteiger partial charge in [-0.15, -0.1) is 0 Å². The van der Waals surface area contributed by atoms with E-state index in [1.807, 2.05) is 6.07 Å². The van der Waals surface area contributed by atoms with E-state index in [4.69, 9.17) is 10.5 Å². The number of rotatable bonds is 2. The molecule has 1 aliphatic rings. The standard InChI is InChI=1S/C23H18BrFN6O2/c24-14-9-12-17(18(26)23(32)30-19(12)21-20(14)27-6-7-28-21)11-4-5-15(25)22-13(11)10-29-31(22)16-3-1-2-8-33-16/h4-7,9-10,16H,1-3,8,26H2,(H,30,32). The summed E-state index contributed by atoms with van der Waals surface area (Å²) in [6.07, 6.45) is 7.14. The Morgan fingerprint density at radius 2 is 2.00 bits per heavy atom. The molecule has 10 heteroatoms. The van der Waals surface area contributed by atoms with E-state index in [0.717, 1.165) is 19.3 Å². The first kappa shape index (κ1) is 20.3. The second kappa shape index (κ2) is 7.60. The van der Waals surface area contributed by atoms with Crippen molar-refractivity contribution in [2.24, 2.45) is 0 Å². The highest BCUT2D eigenvalue weighted by atomic mass is 79.9. The molecule has 8 nitrogen and oxygen atoms in total. The Labute approximate surface area is 194 Å². The lowest BCUT2D eigenvalue weighted by Gasteiger charge is -2.23. The van der Waals surface area contributed by atoms with E-state index in [0.29, 0.717) is 55.0 Å². The fraction of sp³-hybridized carbons (Fsp3) is 0.217. The van der Waals surface area contributed by atoms with E-state index in [-0.39, 0.29) is 11.9 Å². The largest absolute Gasteiger partial charge is 0.394 e. The van der Waals surface area contributed by atoms with E-state index in [1.54, 1.807) is 29.3 Å². The molecule has 2 aromatic carbocycles. The van der Waals surface area contributed by atoms with Gasteiger partial charge in [-0.05, 0) is 52.9 Å². The Bertz CT molecular complexity index is 1620. The second-order valence-corrected chi connectivity index (χ2v) is 8.90. The number of hydrogen-bond acceptors (Lipinski definition) is 6. The number of halogens is 2. The molecule has 0 saturated carbocycles. The zero-order valence-corrected chi connectivity index (χ0v) is 18.9. The molecule has 5 aromatic rings. The van der Waals surface area contributed by atoms with Crippen LogP contribution in [0.4, 0.5) is 10.1 Å². The number of aromatic nitrogens is 5. The lowest BCUT2D eigenvalue weighted by atomic mass is 9.96. The topological polar surface area (TPSA) is 112 Å². The van der Waals surface area contributed by atoms with Crippen molar-refractivity contribution in [1.82, 2.24) is 24.7 Å². The minimum absolute atomic E-state index is 0.0345. The highest BCUT2D eigenvalue weighted by molar-refractivity contribution is 9.10. The molecule has 1 atom stereocenters. The summed E-state index contributed by atoms with van der Waals surface area (Å²) in [5.74, 6) is -0.411. The van der Waals surface area contributed by atoms with Crippen molar-refractivity contribution < 1.29 is 9.13 Å². The molecule has 4 heterocycles. The Balaban J connectivity index is 1.70. The van der Waals surface area contributed by atoms with Crippen LogP contribution in [0.5, 0.6) is 0 Å². The van der Waals surface area contributed by atoms with Crippen LogP contribution in [0.1, 0.15) is 25.5 Å². The molecule has 3 aromatic heterocycles. The molecule has 1 unspecified atom stereocenters. The van der Waals surface area contributed by atoms with E-state index in [9.17, 15) is 4.79 Å². The second-order valence-electron chi connectivity index (χ2n) is 8.04. The molecule has 0 aliphatic carbocycles. The third-order valence-corrected chi connectivity index (χ3v) is 6.73. The molecular formula is C23H18BrFN6O2. The number of ether oxygens (including phenoxy) is 1. The van der Waals surface area contributed by atoms with Crippen LogP contribution in [0.3, 0.4) is 0 Å². The van der Waals surface area contributed by atoms with Gasteiger partial charge in [0.15, 0.2) is 6.23 Å². The minimum Gasteiger partial charge on any atom is -0.394 e. The first-order chi connectivity index (χ1) is 16.0. The van der Waals surface area contributed by atoms with Crippen molar-refractivity contribution in [1.29, 1.82) is 0 Å². The highest BCUT2D eigenvalue weighted by Crippen LogP contribution is 2.40. The predicted octanol–water partition coefficient (Wildman–Crippen LogP) is 4.67. The summed E-state index contributed by atoms with van der Waals surface area (Å²) < 4.78 is 23.2. The fourth-order valence-corrected chi connectivity index (χ4v) is 5.14. The fourth-order valence-electron chi connectivity index (χ4n) is 4.62. The average Bonchev–Trinajstić information content (AvgIpc) is 3.29. The number of hydrogen-bond donors (Lipinski definition) is 2. The number of benzene rings is 2. The zero-order chi connectivity index (χ0) is 22.7. The lowest BCUT2D eigenvalue weighted by molar-refractivity contribution is -0.0369. The third kappa shape index (κ3) is 3.05. The number of nitrogens with two attached hydrogens (primary N) is 1. The van der Waals surface area contributed by atoms with Gasteiger partial charge in [-0.3, -0.25) is 14.8 Å². The van der Waals surface area contributed by atoms with Crippen molar-refractivity contribution in [3.63, 3.8) is 0 Å². The zero-order valence-electron chi connectivity index (χ0n) is 17.3. The average molecular weight is 509 g/mol. The van der Waals surface area contributed by atoms with Gasteiger partial charge in [0.1, 0.15) is 28.1 Å². The highest BCUT2D eigenvalue weighted by Gasteiger charge is 2.24. The number of nitrogens with zero attached hydrogens (tertiary/aromatic N) is 4. The van der Waals surface area contributed by atoms with Crippen LogP contribution in [-0.2, 0) is 4.74 Å². The monoisotopic (exact) mass is 508 g/mol. The molecular weight excluding hydrogens is 491 g/mol. The predicted molar refractivity (Wildman–Crippen MR) is 127 cm³/mol. The van der Waals surface area contributed by atoms with Gasteiger partial charge in [-0.25, -0.2) is 9.07 Å². The summed E-state index contributed by atoms with van der Waals surface area (Å²) in [5, 5.41) is 5.68. The van der Waals surface area contributed by atoms with E-state index >= 15 is 4.39 Å². The van der Waals surface area contributed by atoms with Gasteiger partial charge in [0.05, 0.1) is 11.7 Å². The maximum absolute atomic E-state index is 15.1. The Morgan fingerprint density at radius 3 is 2.79 bits per heavy atom. The summed E-state index contributed by atoms with van der Waals surface area (Å²) in [5.41, 5.74) is 8.98. The van der Waals surface area contributed by atoms with Crippen LogP contribution in [-0.4, -0.2) is 31.3 Å². The molecule has 1 fully saturated rings. The van der Waals surface area contributed by atoms with Gasteiger partial charge in [-0.1, -0.05) is 6.07 Å². The Morgan fingerprint density at radius 1 is 1.18 bits per heavy atom. The summed E-state index contributed by atoms with van der Waals surface area (Å²) in [7, 11) is 0. The molecule has 1 saturated heterocycles. The third-order valence-electron chi connectivity index (χ3n) is 6.13. The number of fused-ring (bicyclic) bond motifs is 4. The van der Waals surface area contributed by atoms with E-state index in [2.05, 4.69) is 36.0 Å². The van der Waals surface area contributed by atoms with Gasteiger partial charge >= 0.3 is 0 Å². The number of nitrogens with one attached hydrogen (secondary N) is 1. The number of aromatic amines is 1. The van der Waals surface area contributed by atoms with Gasteiger partial charge in [0.2, 0.25) is 0 Å². The van der Waals surface area contributed by atoms with E-state index in [1.165, 1.54) is 6.07 Å². The number of pyridine rings is 1. The summed E-state index contributed by atoms with van der Waals surface area (Å²) in [6.45, 7) is 0.612. The van der Waals surface area contributed by atoms with E-state index < -0.39 is 11.4 Å². The van der Waals surface area contributed by atoms with Crippen molar-refractivity contribution >= 4 is 54.5 Å². The number of nitrogen functional groups attached to an aromatic ring is 1. The summed E-state index contributed by atoms with van der Waals surface area (Å²) in [4.78, 5) is 24.5. The SMILES string of the molecule is Nc1c(-c2ccc(F)c3c2cnn3C2CCCCO2)c2cc(Br)c3nccnc3c2[nH]c1=O. The lowest BCUT2D eigenvalue weighted by Crippen LogP contribution is -2.19. The minimum atomic E-state index is -0.452. The van der Waals surface area contributed by atoms with Crippen molar-refractivity contribution in [2.75, 3.05) is 12.3 Å². The maximum atomic E-state index is 15.1. The van der Waals surface area contributed by atoms with Crippen LogP contribution in [0, 0.1) is 5.82 Å². The van der Waals surface area contributed by atoms with Crippen LogP contribution in [0.15, 0.2) is 46.1 Å². The van der Waals surface area contributed by atoms with Crippen LogP contribution >= 0.6 is 15.9 Å². The van der Waals surface area contributed by atoms with Crippen molar-refractivity contribution in [2.45, 2.75) is 25.5 Å². The summed E-state index contributed by atoms with van der Waals surface area (Å²) >= 11 is 3.56. The molecule has 166 valence electrons. The quantitative estimate of drug-likeness (QED) is 0.335. The normalized spacial score (nSPS) is 16.7. The molecule has 33 heavy (non-hydrogen) atoms. The van der Waals surface area contributed by atoms with Crippen LogP contribution < -0.4 is 11.3 Å².